The first-order valence-electron chi connectivity index (χ1n) is 6.10. The number of halogens is 2. The molecule has 0 spiro atoms. The summed E-state index contributed by atoms with van der Waals surface area (Å²) in [4.78, 5) is 4.30. The molecular formula is C13H15Cl2N3O2. The van der Waals surface area contributed by atoms with Crippen LogP contribution in [-0.2, 0) is 17.6 Å². The largest absolute Gasteiger partial charge is 0.380 e. The molecular weight excluding hydrogens is 301 g/mol. The summed E-state index contributed by atoms with van der Waals surface area (Å²) in [5.74, 6) is 1.10. The summed E-state index contributed by atoms with van der Waals surface area (Å²) in [5.41, 5.74) is 6.52. The summed E-state index contributed by atoms with van der Waals surface area (Å²) in [6, 6.07) is 5.41. The van der Waals surface area contributed by atoms with Crippen molar-refractivity contribution in [1.29, 1.82) is 0 Å². The summed E-state index contributed by atoms with van der Waals surface area (Å²) in [6.45, 7) is 0.404. The van der Waals surface area contributed by atoms with Gasteiger partial charge in [-0.05, 0) is 17.7 Å². The molecule has 108 valence electrons. The Morgan fingerprint density at radius 2 is 2.15 bits per heavy atom. The van der Waals surface area contributed by atoms with Crippen molar-refractivity contribution in [2.45, 2.75) is 18.9 Å². The summed E-state index contributed by atoms with van der Waals surface area (Å²) >= 11 is 11.8. The number of aromatic nitrogens is 2. The number of nitrogens with zero attached hydrogens (tertiary/aromatic N) is 2. The van der Waals surface area contributed by atoms with Crippen LogP contribution in [0.5, 0.6) is 0 Å². The van der Waals surface area contributed by atoms with Gasteiger partial charge in [0.15, 0.2) is 5.82 Å². The van der Waals surface area contributed by atoms with Gasteiger partial charge in [0, 0.05) is 20.1 Å². The highest BCUT2D eigenvalue weighted by Crippen LogP contribution is 2.23. The van der Waals surface area contributed by atoms with Crippen molar-refractivity contribution >= 4 is 23.2 Å². The molecule has 0 saturated heterocycles. The average Bonchev–Trinajstić information content (AvgIpc) is 2.87. The zero-order valence-electron chi connectivity index (χ0n) is 11.0. The van der Waals surface area contributed by atoms with Crippen LogP contribution in [0.1, 0.15) is 17.3 Å². The lowest BCUT2D eigenvalue weighted by Crippen LogP contribution is -2.24. The summed E-state index contributed by atoms with van der Waals surface area (Å²) in [7, 11) is 1.60. The second kappa shape index (κ2) is 7.04. The topological polar surface area (TPSA) is 74.2 Å². The van der Waals surface area contributed by atoms with Gasteiger partial charge < -0.3 is 15.0 Å². The van der Waals surface area contributed by atoms with Crippen molar-refractivity contribution in [2.75, 3.05) is 13.7 Å². The zero-order valence-corrected chi connectivity index (χ0v) is 12.5. The third-order valence-electron chi connectivity index (χ3n) is 2.85. The molecule has 1 unspecified atom stereocenters. The van der Waals surface area contributed by atoms with Crippen molar-refractivity contribution in [3.05, 3.63) is 45.5 Å². The van der Waals surface area contributed by atoms with Crippen molar-refractivity contribution in [3.63, 3.8) is 0 Å². The zero-order chi connectivity index (χ0) is 14.5. The van der Waals surface area contributed by atoms with E-state index in [4.69, 9.17) is 38.2 Å². The highest BCUT2D eigenvalue weighted by molar-refractivity contribution is 6.42. The molecule has 0 fully saturated rings. The van der Waals surface area contributed by atoms with E-state index in [0.717, 1.165) is 5.56 Å². The van der Waals surface area contributed by atoms with E-state index in [2.05, 4.69) is 10.1 Å². The molecule has 0 aliphatic heterocycles. The van der Waals surface area contributed by atoms with Gasteiger partial charge in [0.05, 0.1) is 22.6 Å². The number of benzene rings is 1. The van der Waals surface area contributed by atoms with Gasteiger partial charge in [-0.2, -0.15) is 4.98 Å². The lowest BCUT2D eigenvalue weighted by atomic mass is 10.1. The molecule has 2 aromatic rings. The van der Waals surface area contributed by atoms with Gasteiger partial charge in [0.2, 0.25) is 5.89 Å². The fourth-order valence-corrected chi connectivity index (χ4v) is 2.06. The highest BCUT2D eigenvalue weighted by Gasteiger charge is 2.13. The molecule has 0 aliphatic carbocycles. The number of hydrogen-bond donors (Lipinski definition) is 1. The average molecular weight is 316 g/mol. The molecule has 0 bridgehead atoms. The molecule has 1 atom stereocenters. The first-order chi connectivity index (χ1) is 9.62. The first kappa shape index (κ1) is 15.3. The summed E-state index contributed by atoms with van der Waals surface area (Å²) in [5, 5.41) is 4.96. The third kappa shape index (κ3) is 3.93. The van der Waals surface area contributed by atoms with Crippen molar-refractivity contribution in [2.24, 2.45) is 5.73 Å². The second-order valence-electron chi connectivity index (χ2n) is 4.33. The summed E-state index contributed by atoms with van der Waals surface area (Å²) in [6.07, 6.45) is 0.912. The molecule has 0 radical (unpaired) electrons. The molecule has 1 heterocycles. The molecule has 2 rings (SSSR count). The third-order valence-corrected chi connectivity index (χ3v) is 3.59. The molecule has 1 aromatic heterocycles. The predicted octanol–water partition coefficient (Wildman–Crippen LogP) is 2.48. The van der Waals surface area contributed by atoms with E-state index in [1.54, 1.807) is 19.2 Å². The van der Waals surface area contributed by atoms with Gasteiger partial charge in [0.25, 0.3) is 0 Å². The van der Waals surface area contributed by atoms with Crippen LogP contribution in [0.15, 0.2) is 22.7 Å². The number of methoxy groups -OCH3 is 1. The van der Waals surface area contributed by atoms with E-state index in [9.17, 15) is 0 Å². The standard InChI is InChI=1S/C13H15Cl2N3O2/c1-19-9(7-16)6-13-17-12(18-20-13)5-8-2-3-10(14)11(15)4-8/h2-4,9H,5-7,16H2,1H3. The van der Waals surface area contributed by atoms with Crippen LogP contribution in [0.3, 0.4) is 0 Å². The summed E-state index contributed by atoms with van der Waals surface area (Å²) < 4.78 is 10.3. The Morgan fingerprint density at radius 1 is 1.35 bits per heavy atom. The molecule has 2 N–H and O–H groups in total. The lowest BCUT2D eigenvalue weighted by molar-refractivity contribution is 0.102. The Labute approximate surface area is 127 Å². The monoisotopic (exact) mass is 315 g/mol. The highest BCUT2D eigenvalue weighted by atomic mass is 35.5. The molecule has 5 nitrogen and oxygen atoms in total. The first-order valence-corrected chi connectivity index (χ1v) is 6.86. The number of hydrogen-bond acceptors (Lipinski definition) is 5. The van der Waals surface area contributed by atoms with Crippen LogP contribution in [0.2, 0.25) is 10.0 Å². The van der Waals surface area contributed by atoms with E-state index in [1.807, 2.05) is 6.07 Å². The van der Waals surface area contributed by atoms with Crippen molar-refractivity contribution < 1.29 is 9.26 Å². The van der Waals surface area contributed by atoms with Gasteiger partial charge in [-0.25, -0.2) is 0 Å². The van der Waals surface area contributed by atoms with Gasteiger partial charge >= 0.3 is 0 Å². The molecule has 1 aromatic carbocycles. The fraction of sp³-hybridized carbons (Fsp3) is 0.385. The van der Waals surface area contributed by atoms with Crippen LogP contribution in [0.25, 0.3) is 0 Å². The normalized spacial score (nSPS) is 12.6. The van der Waals surface area contributed by atoms with Crippen LogP contribution >= 0.6 is 23.2 Å². The maximum absolute atomic E-state index is 5.97. The van der Waals surface area contributed by atoms with Gasteiger partial charge in [-0.15, -0.1) is 0 Å². The van der Waals surface area contributed by atoms with E-state index >= 15 is 0 Å². The molecule has 0 saturated carbocycles. The quantitative estimate of drug-likeness (QED) is 0.886. The fourth-order valence-electron chi connectivity index (χ4n) is 1.73. The van der Waals surface area contributed by atoms with Crippen LogP contribution in [0, 0.1) is 0 Å². The van der Waals surface area contributed by atoms with Crippen LogP contribution in [0.4, 0.5) is 0 Å². The Kier molecular flexibility index (Phi) is 5.37. The van der Waals surface area contributed by atoms with Crippen LogP contribution < -0.4 is 5.73 Å². The number of ether oxygens (including phenoxy) is 1. The van der Waals surface area contributed by atoms with Crippen LogP contribution in [-0.4, -0.2) is 29.9 Å². The van der Waals surface area contributed by atoms with Gasteiger partial charge in [-0.1, -0.05) is 34.4 Å². The van der Waals surface area contributed by atoms with Gasteiger partial charge in [0.1, 0.15) is 0 Å². The van der Waals surface area contributed by atoms with E-state index in [-0.39, 0.29) is 6.10 Å². The maximum atomic E-state index is 5.97. The minimum absolute atomic E-state index is 0.117. The van der Waals surface area contributed by atoms with Gasteiger partial charge in [-0.3, -0.25) is 0 Å². The van der Waals surface area contributed by atoms with E-state index < -0.39 is 0 Å². The Balaban J connectivity index is 2.03. The van der Waals surface area contributed by atoms with Crippen molar-refractivity contribution in [1.82, 2.24) is 10.1 Å². The maximum Gasteiger partial charge on any atom is 0.229 e. The lowest BCUT2D eigenvalue weighted by Gasteiger charge is -2.08. The van der Waals surface area contributed by atoms with Crippen molar-refractivity contribution in [3.8, 4) is 0 Å². The van der Waals surface area contributed by atoms with E-state index in [0.29, 0.717) is 41.1 Å². The molecule has 20 heavy (non-hydrogen) atoms. The Bertz CT molecular complexity index is 570. The minimum Gasteiger partial charge on any atom is -0.380 e. The van der Waals surface area contributed by atoms with E-state index in [1.165, 1.54) is 0 Å². The smallest absolute Gasteiger partial charge is 0.229 e. The number of rotatable bonds is 6. The molecule has 0 aliphatic rings. The Morgan fingerprint density at radius 3 is 2.80 bits per heavy atom. The SMILES string of the molecule is COC(CN)Cc1nc(Cc2ccc(Cl)c(Cl)c2)no1. The molecule has 0 amide bonds. The Hall–Kier alpha value is -1.14. The number of nitrogens with two attached hydrogens (primary N) is 1. The predicted molar refractivity (Wildman–Crippen MR) is 77.1 cm³/mol. The second-order valence-corrected chi connectivity index (χ2v) is 5.14. The minimum atomic E-state index is -0.117. The molecule has 7 heteroatoms.